The number of hydrogen-bond acceptors (Lipinski definition) is 4. The summed E-state index contributed by atoms with van der Waals surface area (Å²) in [5.41, 5.74) is 0.779. The highest BCUT2D eigenvalue weighted by Crippen LogP contribution is 2.24. The maximum absolute atomic E-state index is 12.1. The lowest BCUT2D eigenvalue weighted by atomic mass is 10.2. The van der Waals surface area contributed by atoms with Crippen molar-refractivity contribution in [2.75, 3.05) is 31.5 Å². The fraction of sp³-hybridized carbons (Fsp3) is 0.467. The predicted molar refractivity (Wildman–Crippen MR) is 80.3 cm³/mol. The second-order valence-electron chi connectivity index (χ2n) is 5.18. The molecule has 2 amide bonds. The van der Waals surface area contributed by atoms with Crippen LogP contribution in [0.4, 0.5) is 5.69 Å². The summed E-state index contributed by atoms with van der Waals surface area (Å²) in [5.74, 6) is 0.513. The summed E-state index contributed by atoms with van der Waals surface area (Å²) < 4.78 is 5.69. The molecule has 0 aliphatic carbocycles. The van der Waals surface area contributed by atoms with E-state index in [2.05, 4.69) is 10.6 Å². The molecule has 1 aromatic carbocycles. The Morgan fingerprint density at radius 3 is 2.90 bits per heavy atom. The van der Waals surface area contributed by atoms with Gasteiger partial charge in [0, 0.05) is 13.1 Å². The molecule has 0 unspecified atom stereocenters. The van der Waals surface area contributed by atoms with Gasteiger partial charge in [-0.3, -0.25) is 9.59 Å². The standard InChI is InChI=1S/C15H21N3O3/c1-11(2)21-13-6-4-3-5-12(13)17-9-15(20)18-8-7-16-14(19)10-18/h3-6,11,17H,7-10H2,1-2H3,(H,16,19). The van der Waals surface area contributed by atoms with Crippen LogP contribution in [0.15, 0.2) is 24.3 Å². The Balaban J connectivity index is 1.93. The quantitative estimate of drug-likeness (QED) is 0.843. The number of benzene rings is 1. The van der Waals surface area contributed by atoms with E-state index in [1.807, 2.05) is 38.1 Å². The minimum atomic E-state index is -0.113. The Labute approximate surface area is 124 Å². The highest BCUT2D eigenvalue weighted by molar-refractivity contribution is 5.88. The fourth-order valence-electron chi connectivity index (χ4n) is 2.10. The van der Waals surface area contributed by atoms with E-state index in [0.29, 0.717) is 13.1 Å². The van der Waals surface area contributed by atoms with Crippen molar-refractivity contribution in [1.82, 2.24) is 10.2 Å². The first-order valence-electron chi connectivity index (χ1n) is 7.10. The summed E-state index contributed by atoms with van der Waals surface area (Å²) in [5, 5.41) is 5.78. The van der Waals surface area contributed by atoms with Crippen molar-refractivity contribution in [3.63, 3.8) is 0 Å². The zero-order valence-electron chi connectivity index (χ0n) is 12.4. The summed E-state index contributed by atoms with van der Waals surface area (Å²) >= 11 is 0. The van der Waals surface area contributed by atoms with Crippen molar-refractivity contribution in [3.05, 3.63) is 24.3 Å². The lowest BCUT2D eigenvalue weighted by molar-refractivity contribution is -0.136. The Bertz CT molecular complexity index is 517. The van der Waals surface area contributed by atoms with Crippen LogP contribution < -0.4 is 15.4 Å². The van der Waals surface area contributed by atoms with Gasteiger partial charge in [0.15, 0.2) is 0 Å². The van der Waals surface area contributed by atoms with Crippen molar-refractivity contribution in [1.29, 1.82) is 0 Å². The highest BCUT2D eigenvalue weighted by Gasteiger charge is 2.20. The zero-order valence-corrected chi connectivity index (χ0v) is 12.4. The van der Waals surface area contributed by atoms with Crippen LogP contribution in [-0.2, 0) is 9.59 Å². The largest absolute Gasteiger partial charge is 0.489 e. The molecule has 0 aromatic heterocycles. The first kappa shape index (κ1) is 15.2. The van der Waals surface area contributed by atoms with Crippen LogP contribution >= 0.6 is 0 Å². The topological polar surface area (TPSA) is 70.7 Å². The molecule has 0 atom stereocenters. The molecule has 0 bridgehead atoms. The van der Waals surface area contributed by atoms with Gasteiger partial charge in [-0.15, -0.1) is 0 Å². The highest BCUT2D eigenvalue weighted by atomic mass is 16.5. The maximum atomic E-state index is 12.1. The molecular formula is C15H21N3O3. The molecule has 6 nitrogen and oxygen atoms in total. The van der Waals surface area contributed by atoms with Crippen molar-refractivity contribution < 1.29 is 14.3 Å². The molecule has 0 saturated carbocycles. The molecule has 1 saturated heterocycles. The van der Waals surface area contributed by atoms with Gasteiger partial charge < -0.3 is 20.3 Å². The van der Waals surface area contributed by atoms with Crippen LogP contribution in [0, 0.1) is 0 Å². The smallest absolute Gasteiger partial charge is 0.242 e. The third kappa shape index (κ3) is 4.37. The van der Waals surface area contributed by atoms with Gasteiger partial charge in [0.2, 0.25) is 11.8 Å². The number of piperazine rings is 1. The third-order valence-electron chi connectivity index (χ3n) is 3.07. The van der Waals surface area contributed by atoms with Gasteiger partial charge in [-0.2, -0.15) is 0 Å². The summed E-state index contributed by atoms with van der Waals surface area (Å²) in [6.07, 6.45) is 0.0643. The molecule has 1 aliphatic rings. The molecule has 0 spiro atoms. The Hall–Kier alpha value is -2.24. The minimum Gasteiger partial charge on any atom is -0.489 e. The van der Waals surface area contributed by atoms with E-state index < -0.39 is 0 Å². The average Bonchev–Trinajstić information content (AvgIpc) is 2.45. The first-order valence-corrected chi connectivity index (χ1v) is 7.10. The number of carbonyl (C=O) groups is 2. The van der Waals surface area contributed by atoms with Gasteiger partial charge in [-0.25, -0.2) is 0 Å². The second kappa shape index (κ2) is 6.97. The number of ether oxygens (including phenoxy) is 1. The molecule has 2 N–H and O–H groups in total. The number of nitrogens with one attached hydrogen (secondary N) is 2. The lowest BCUT2D eigenvalue weighted by Crippen LogP contribution is -2.51. The van der Waals surface area contributed by atoms with Crippen LogP contribution in [0.2, 0.25) is 0 Å². The van der Waals surface area contributed by atoms with Crippen LogP contribution in [0.25, 0.3) is 0 Å². The summed E-state index contributed by atoms with van der Waals surface area (Å²) in [6.45, 7) is 5.24. The molecule has 0 radical (unpaired) electrons. The van der Waals surface area contributed by atoms with Crippen molar-refractivity contribution in [2.24, 2.45) is 0 Å². The van der Waals surface area contributed by atoms with E-state index in [9.17, 15) is 9.59 Å². The van der Waals surface area contributed by atoms with E-state index in [1.54, 1.807) is 4.90 Å². The molecule has 114 valence electrons. The van der Waals surface area contributed by atoms with Crippen molar-refractivity contribution in [3.8, 4) is 5.75 Å². The molecule has 2 rings (SSSR count). The van der Waals surface area contributed by atoms with Gasteiger partial charge in [-0.05, 0) is 26.0 Å². The molecule has 1 fully saturated rings. The summed E-state index contributed by atoms with van der Waals surface area (Å²) in [4.78, 5) is 24.9. The number of rotatable bonds is 5. The number of anilines is 1. The normalized spacial score (nSPS) is 14.8. The molecule has 1 heterocycles. The van der Waals surface area contributed by atoms with Crippen LogP contribution in [0.1, 0.15) is 13.8 Å². The third-order valence-corrected chi connectivity index (χ3v) is 3.07. The lowest BCUT2D eigenvalue weighted by Gasteiger charge is -2.27. The van der Waals surface area contributed by atoms with E-state index in [0.717, 1.165) is 11.4 Å². The van der Waals surface area contributed by atoms with Gasteiger partial charge in [0.05, 0.1) is 24.9 Å². The molecule has 6 heteroatoms. The SMILES string of the molecule is CC(C)Oc1ccccc1NCC(=O)N1CCNC(=O)C1. The number of para-hydroxylation sites is 2. The predicted octanol–water partition coefficient (Wildman–Crippen LogP) is 0.844. The van der Waals surface area contributed by atoms with Crippen LogP contribution in [0.3, 0.4) is 0 Å². The fourth-order valence-corrected chi connectivity index (χ4v) is 2.10. The number of amides is 2. The van der Waals surface area contributed by atoms with Gasteiger partial charge >= 0.3 is 0 Å². The van der Waals surface area contributed by atoms with Gasteiger partial charge in [0.1, 0.15) is 5.75 Å². The average molecular weight is 291 g/mol. The van der Waals surface area contributed by atoms with Crippen LogP contribution in [-0.4, -0.2) is 49.0 Å². The van der Waals surface area contributed by atoms with E-state index >= 15 is 0 Å². The second-order valence-corrected chi connectivity index (χ2v) is 5.18. The number of nitrogens with zero attached hydrogens (tertiary/aromatic N) is 1. The van der Waals surface area contributed by atoms with Crippen molar-refractivity contribution in [2.45, 2.75) is 20.0 Å². The molecular weight excluding hydrogens is 270 g/mol. The van der Waals surface area contributed by atoms with E-state index in [1.165, 1.54) is 0 Å². The van der Waals surface area contributed by atoms with Crippen LogP contribution in [0.5, 0.6) is 5.75 Å². The zero-order chi connectivity index (χ0) is 15.2. The number of hydrogen-bond donors (Lipinski definition) is 2. The first-order chi connectivity index (χ1) is 10.1. The molecule has 1 aliphatic heterocycles. The summed E-state index contributed by atoms with van der Waals surface area (Å²) in [6, 6.07) is 7.50. The molecule has 21 heavy (non-hydrogen) atoms. The Morgan fingerprint density at radius 1 is 1.43 bits per heavy atom. The van der Waals surface area contributed by atoms with E-state index in [-0.39, 0.29) is 31.0 Å². The van der Waals surface area contributed by atoms with E-state index in [4.69, 9.17) is 4.74 Å². The Kier molecular flexibility index (Phi) is 5.03. The van der Waals surface area contributed by atoms with Crippen molar-refractivity contribution >= 4 is 17.5 Å². The van der Waals surface area contributed by atoms with Gasteiger partial charge in [-0.1, -0.05) is 12.1 Å². The molecule has 1 aromatic rings. The van der Waals surface area contributed by atoms with Gasteiger partial charge in [0.25, 0.3) is 0 Å². The maximum Gasteiger partial charge on any atom is 0.242 e. The number of carbonyl (C=O) groups excluding carboxylic acids is 2. The summed E-state index contributed by atoms with van der Waals surface area (Å²) in [7, 11) is 0. The Morgan fingerprint density at radius 2 is 2.19 bits per heavy atom. The monoisotopic (exact) mass is 291 g/mol. The minimum absolute atomic E-state index is 0.0643.